The summed E-state index contributed by atoms with van der Waals surface area (Å²) < 4.78 is 1.90. The van der Waals surface area contributed by atoms with Crippen LogP contribution in [0.4, 0.5) is 0 Å². The summed E-state index contributed by atoms with van der Waals surface area (Å²) in [5, 5.41) is 21.1. The first-order valence-electron chi connectivity index (χ1n) is 11.7. The second kappa shape index (κ2) is 14.7. The maximum atomic E-state index is 12.9. The molecule has 0 spiro atoms. The molecule has 0 amide bonds. The summed E-state index contributed by atoms with van der Waals surface area (Å²) in [7, 11) is 0. The number of aliphatic carboxylic acids is 2. The maximum Gasteiger partial charge on any atom is 0.316 e. The normalized spacial score (nSPS) is 23.7. The number of allylic oxidation sites excluding steroid dienone is 2. The SMILES string of the molecule is CCCCCCCCC1(C(=O)O)C(Br)=C(Br)C(Br)=C(Br)C1(CCCCCCCC)C(=O)O. The minimum absolute atomic E-state index is 0.266. The van der Waals surface area contributed by atoms with Crippen LogP contribution in [0, 0.1) is 10.8 Å². The van der Waals surface area contributed by atoms with Gasteiger partial charge in [-0.1, -0.05) is 123 Å². The number of rotatable bonds is 16. The minimum Gasteiger partial charge on any atom is -0.481 e. The number of carboxylic acids is 2. The standard InChI is InChI=1S/C24H36Br4O4/c1-3-5-7-9-11-13-15-23(21(29)30)19(27)17(25)18(26)20(28)24(23,22(31)32)16-14-12-10-8-6-4-2/h3-16H2,1-2H3,(H,29,30)(H,31,32). The molecule has 0 saturated carbocycles. The van der Waals surface area contributed by atoms with Crippen molar-refractivity contribution in [2.75, 3.05) is 0 Å². The van der Waals surface area contributed by atoms with Crippen LogP contribution in [-0.4, -0.2) is 22.2 Å². The number of hydrogen-bond acceptors (Lipinski definition) is 2. The van der Waals surface area contributed by atoms with Gasteiger partial charge in [-0.3, -0.25) is 9.59 Å². The number of unbranched alkanes of at least 4 members (excludes halogenated alkanes) is 10. The van der Waals surface area contributed by atoms with Crippen LogP contribution in [0.3, 0.4) is 0 Å². The largest absolute Gasteiger partial charge is 0.481 e. The van der Waals surface area contributed by atoms with Crippen molar-refractivity contribution in [2.24, 2.45) is 10.8 Å². The molecule has 0 fully saturated rings. The summed E-state index contributed by atoms with van der Waals surface area (Å²) in [5.41, 5.74) is -3.16. The fourth-order valence-electron chi connectivity index (χ4n) is 4.70. The summed E-state index contributed by atoms with van der Waals surface area (Å²) in [4.78, 5) is 25.9. The summed E-state index contributed by atoms with van der Waals surface area (Å²) in [6.45, 7) is 4.32. The molecule has 1 rings (SSSR count). The van der Waals surface area contributed by atoms with Gasteiger partial charge in [0.2, 0.25) is 0 Å². The van der Waals surface area contributed by atoms with Gasteiger partial charge in [0.15, 0.2) is 0 Å². The molecule has 4 nitrogen and oxygen atoms in total. The lowest BCUT2D eigenvalue weighted by molar-refractivity contribution is -0.167. The predicted molar refractivity (Wildman–Crippen MR) is 146 cm³/mol. The maximum absolute atomic E-state index is 12.9. The van der Waals surface area contributed by atoms with E-state index < -0.39 is 22.8 Å². The van der Waals surface area contributed by atoms with Crippen molar-refractivity contribution in [1.82, 2.24) is 0 Å². The highest BCUT2D eigenvalue weighted by molar-refractivity contribution is 9.17. The predicted octanol–water partition coefficient (Wildman–Crippen LogP) is 9.65. The molecule has 0 heterocycles. The first kappa shape index (κ1) is 30.4. The van der Waals surface area contributed by atoms with E-state index in [-0.39, 0.29) is 12.8 Å². The van der Waals surface area contributed by atoms with Crippen molar-refractivity contribution in [3.05, 3.63) is 17.9 Å². The third kappa shape index (κ3) is 6.51. The molecule has 0 saturated heterocycles. The number of hydrogen-bond donors (Lipinski definition) is 2. The number of halogens is 4. The van der Waals surface area contributed by atoms with Gasteiger partial charge in [-0.05, 0) is 44.7 Å². The molecular weight excluding hydrogens is 672 g/mol. The Morgan fingerprint density at radius 2 is 0.875 bits per heavy atom. The monoisotopic (exact) mass is 704 g/mol. The Bertz CT molecular complexity index is 659. The molecule has 8 heteroatoms. The van der Waals surface area contributed by atoms with Gasteiger partial charge in [-0.25, -0.2) is 0 Å². The lowest BCUT2D eigenvalue weighted by atomic mass is 9.56. The highest BCUT2D eigenvalue weighted by Gasteiger charge is 2.66. The van der Waals surface area contributed by atoms with Crippen LogP contribution >= 0.6 is 63.7 Å². The lowest BCUT2D eigenvalue weighted by Crippen LogP contribution is -2.55. The third-order valence-electron chi connectivity index (χ3n) is 6.60. The number of carbonyl (C=O) groups is 2. The Morgan fingerprint density at radius 3 is 1.16 bits per heavy atom. The van der Waals surface area contributed by atoms with Gasteiger partial charge in [0.1, 0.15) is 10.8 Å². The molecule has 2 atom stereocenters. The van der Waals surface area contributed by atoms with E-state index in [9.17, 15) is 19.8 Å². The Hall–Kier alpha value is 0.340. The van der Waals surface area contributed by atoms with Crippen molar-refractivity contribution < 1.29 is 19.8 Å². The van der Waals surface area contributed by atoms with Gasteiger partial charge in [0.25, 0.3) is 0 Å². The highest BCUT2D eigenvalue weighted by Crippen LogP contribution is 2.65. The molecule has 0 bridgehead atoms. The molecule has 184 valence electrons. The van der Waals surface area contributed by atoms with E-state index in [1.807, 2.05) is 0 Å². The van der Waals surface area contributed by atoms with Gasteiger partial charge in [0.05, 0.1) is 0 Å². The van der Waals surface area contributed by atoms with Crippen molar-refractivity contribution in [3.8, 4) is 0 Å². The summed E-state index contributed by atoms with van der Waals surface area (Å²) in [6.07, 6.45) is 12.6. The van der Waals surface area contributed by atoms with E-state index in [0.717, 1.165) is 64.2 Å². The zero-order valence-electron chi connectivity index (χ0n) is 19.1. The van der Waals surface area contributed by atoms with E-state index in [1.165, 1.54) is 0 Å². The molecule has 0 aromatic heterocycles. The van der Waals surface area contributed by atoms with Crippen LogP contribution in [0.2, 0.25) is 0 Å². The molecule has 32 heavy (non-hydrogen) atoms. The number of carboxylic acid groups (broad SMARTS) is 2. The zero-order chi connectivity index (χ0) is 24.4. The first-order valence-corrected chi connectivity index (χ1v) is 14.9. The van der Waals surface area contributed by atoms with Crippen molar-refractivity contribution >= 4 is 75.7 Å². The third-order valence-corrected chi connectivity index (χ3v) is 11.9. The van der Waals surface area contributed by atoms with Crippen LogP contribution in [0.5, 0.6) is 0 Å². The van der Waals surface area contributed by atoms with E-state index in [4.69, 9.17) is 0 Å². The summed E-state index contributed by atoms with van der Waals surface area (Å²) in [5.74, 6) is -2.19. The fourth-order valence-corrected chi connectivity index (χ4v) is 8.11. The second-order valence-corrected chi connectivity index (χ2v) is 11.9. The summed E-state index contributed by atoms with van der Waals surface area (Å²) >= 11 is 14.1. The van der Waals surface area contributed by atoms with E-state index >= 15 is 0 Å². The van der Waals surface area contributed by atoms with Crippen LogP contribution in [0.25, 0.3) is 0 Å². The van der Waals surface area contributed by atoms with Crippen LogP contribution in [-0.2, 0) is 9.59 Å². The van der Waals surface area contributed by atoms with E-state index in [2.05, 4.69) is 77.6 Å². The molecule has 0 radical (unpaired) electrons. The molecule has 2 unspecified atom stereocenters. The van der Waals surface area contributed by atoms with Crippen LogP contribution in [0.15, 0.2) is 17.9 Å². The van der Waals surface area contributed by atoms with E-state index in [0.29, 0.717) is 30.8 Å². The smallest absolute Gasteiger partial charge is 0.316 e. The average molecular weight is 708 g/mol. The van der Waals surface area contributed by atoms with Crippen molar-refractivity contribution in [1.29, 1.82) is 0 Å². The Labute approximate surface area is 226 Å². The van der Waals surface area contributed by atoms with Gasteiger partial charge >= 0.3 is 11.9 Å². The molecule has 0 aromatic rings. The topological polar surface area (TPSA) is 74.6 Å². The molecule has 2 N–H and O–H groups in total. The molecule has 0 aliphatic heterocycles. The molecular formula is C24H36Br4O4. The lowest BCUT2D eigenvalue weighted by Gasteiger charge is -2.48. The van der Waals surface area contributed by atoms with Crippen LogP contribution in [0.1, 0.15) is 104 Å². The Kier molecular flexibility index (Phi) is 13.9. The van der Waals surface area contributed by atoms with Gasteiger partial charge in [0, 0.05) is 17.9 Å². The highest BCUT2D eigenvalue weighted by atomic mass is 79.9. The zero-order valence-corrected chi connectivity index (χ0v) is 25.5. The van der Waals surface area contributed by atoms with Gasteiger partial charge < -0.3 is 10.2 Å². The van der Waals surface area contributed by atoms with Gasteiger partial charge in [-0.15, -0.1) is 0 Å². The minimum atomic E-state index is -1.58. The quantitative estimate of drug-likeness (QED) is 0.157. The molecule has 1 aliphatic carbocycles. The second-order valence-electron chi connectivity index (χ2n) is 8.71. The molecule has 1 aliphatic rings. The van der Waals surface area contributed by atoms with Crippen molar-refractivity contribution in [2.45, 2.75) is 104 Å². The van der Waals surface area contributed by atoms with Crippen LogP contribution < -0.4 is 0 Å². The molecule has 0 aromatic carbocycles. The first-order chi connectivity index (χ1) is 15.1. The Morgan fingerprint density at radius 1 is 0.594 bits per heavy atom. The van der Waals surface area contributed by atoms with E-state index in [1.54, 1.807) is 0 Å². The van der Waals surface area contributed by atoms with Crippen molar-refractivity contribution in [3.63, 3.8) is 0 Å². The van der Waals surface area contributed by atoms with Gasteiger partial charge in [-0.2, -0.15) is 0 Å². The summed E-state index contributed by atoms with van der Waals surface area (Å²) in [6, 6.07) is 0. The fraction of sp³-hybridized carbons (Fsp3) is 0.750. The Balaban J connectivity index is 3.33. The average Bonchev–Trinajstić information content (AvgIpc) is 2.75.